The molecule has 0 radical (unpaired) electrons. The molecule has 0 unspecified atom stereocenters. The zero-order chi connectivity index (χ0) is 12.1. The van der Waals surface area contributed by atoms with Crippen LogP contribution in [0.4, 0.5) is 0 Å². The number of hydrogen-bond donors (Lipinski definition) is 1. The quantitative estimate of drug-likeness (QED) is 0.817. The summed E-state index contributed by atoms with van der Waals surface area (Å²) in [5.74, 6) is 0.933. The Morgan fingerprint density at radius 2 is 1.65 bits per heavy atom. The first-order chi connectivity index (χ1) is 8.33. The molecule has 2 aliphatic rings. The van der Waals surface area contributed by atoms with Gasteiger partial charge in [0, 0.05) is 13.1 Å². The van der Waals surface area contributed by atoms with Crippen LogP contribution in [-0.2, 0) is 4.79 Å². The maximum absolute atomic E-state index is 12.5. The van der Waals surface area contributed by atoms with Gasteiger partial charge in [0.15, 0.2) is 0 Å². The Morgan fingerprint density at radius 1 is 1.06 bits per heavy atom. The minimum absolute atomic E-state index is 0.0772. The monoisotopic (exact) mass is 238 g/mol. The smallest absolute Gasteiger partial charge is 0.239 e. The molecule has 0 bridgehead atoms. The van der Waals surface area contributed by atoms with E-state index in [2.05, 4.69) is 10.2 Å². The lowest BCUT2D eigenvalue weighted by atomic mass is 9.83. The van der Waals surface area contributed by atoms with E-state index in [4.69, 9.17) is 0 Å². The number of piperidine rings is 1. The van der Waals surface area contributed by atoms with Gasteiger partial charge in [-0.25, -0.2) is 0 Å². The van der Waals surface area contributed by atoms with E-state index in [-0.39, 0.29) is 6.04 Å². The number of carbonyl (C=O) groups excluding carboxylic acids is 1. The highest BCUT2D eigenvalue weighted by atomic mass is 16.2. The van der Waals surface area contributed by atoms with E-state index >= 15 is 0 Å². The van der Waals surface area contributed by atoms with Gasteiger partial charge >= 0.3 is 0 Å². The van der Waals surface area contributed by atoms with Crippen LogP contribution in [0, 0.1) is 5.92 Å². The van der Waals surface area contributed by atoms with Crippen molar-refractivity contribution in [2.24, 2.45) is 5.92 Å². The molecule has 1 aliphatic carbocycles. The summed E-state index contributed by atoms with van der Waals surface area (Å²) in [7, 11) is 1.95. The van der Waals surface area contributed by atoms with Gasteiger partial charge in [-0.15, -0.1) is 0 Å². The molecule has 1 atom stereocenters. The lowest BCUT2D eigenvalue weighted by Crippen LogP contribution is -2.51. The molecular formula is C14H26N2O. The Bertz CT molecular complexity index is 243. The normalized spacial score (nSPS) is 24.6. The topological polar surface area (TPSA) is 32.3 Å². The van der Waals surface area contributed by atoms with Crippen molar-refractivity contribution in [1.29, 1.82) is 0 Å². The van der Waals surface area contributed by atoms with Gasteiger partial charge in [-0.2, -0.15) is 0 Å². The second-order valence-electron chi connectivity index (χ2n) is 5.55. The van der Waals surface area contributed by atoms with E-state index < -0.39 is 0 Å². The second-order valence-corrected chi connectivity index (χ2v) is 5.55. The van der Waals surface area contributed by atoms with Gasteiger partial charge in [-0.3, -0.25) is 4.79 Å². The van der Waals surface area contributed by atoms with Gasteiger partial charge in [-0.05, 0) is 45.1 Å². The minimum Gasteiger partial charge on any atom is -0.341 e. The average molecular weight is 238 g/mol. The molecule has 17 heavy (non-hydrogen) atoms. The van der Waals surface area contributed by atoms with Crippen LogP contribution >= 0.6 is 0 Å². The largest absolute Gasteiger partial charge is 0.341 e. The molecule has 1 saturated heterocycles. The van der Waals surface area contributed by atoms with Crippen molar-refractivity contribution >= 4 is 5.91 Å². The van der Waals surface area contributed by atoms with Crippen LogP contribution in [0.5, 0.6) is 0 Å². The fourth-order valence-electron chi connectivity index (χ4n) is 3.34. The summed E-state index contributed by atoms with van der Waals surface area (Å²) in [6.45, 7) is 1.95. The van der Waals surface area contributed by atoms with Crippen molar-refractivity contribution in [2.75, 3.05) is 20.1 Å². The molecule has 3 nitrogen and oxygen atoms in total. The fourth-order valence-corrected chi connectivity index (χ4v) is 3.34. The molecule has 0 spiro atoms. The van der Waals surface area contributed by atoms with Crippen molar-refractivity contribution in [3.8, 4) is 0 Å². The minimum atomic E-state index is 0.0772. The maximum Gasteiger partial charge on any atom is 0.239 e. The summed E-state index contributed by atoms with van der Waals surface area (Å²) in [4.78, 5) is 14.6. The maximum atomic E-state index is 12.5. The number of likely N-dealkylation sites (N-methyl/N-ethyl adjacent to an activating group) is 1. The highest BCUT2D eigenvalue weighted by Crippen LogP contribution is 2.27. The molecule has 2 fully saturated rings. The van der Waals surface area contributed by atoms with E-state index in [0.717, 1.165) is 13.1 Å². The molecule has 1 N–H and O–H groups in total. The summed E-state index contributed by atoms with van der Waals surface area (Å²) in [6, 6.07) is 0.0772. The van der Waals surface area contributed by atoms with Gasteiger partial charge in [-0.1, -0.05) is 19.3 Å². The number of nitrogens with zero attached hydrogens (tertiary/aromatic N) is 1. The van der Waals surface area contributed by atoms with Crippen LogP contribution in [0.1, 0.15) is 51.4 Å². The van der Waals surface area contributed by atoms with Crippen molar-refractivity contribution in [3.63, 3.8) is 0 Å². The molecular weight excluding hydrogens is 212 g/mol. The van der Waals surface area contributed by atoms with Crippen molar-refractivity contribution in [3.05, 3.63) is 0 Å². The van der Waals surface area contributed by atoms with Crippen molar-refractivity contribution < 1.29 is 4.79 Å². The number of likely N-dealkylation sites (tertiary alicyclic amines) is 1. The lowest BCUT2D eigenvalue weighted by molar-refractivity contribution is -0.136. The predicted octanol–water partition coefficient (Wildman–Crippen LogP) is 2.17. The third kappa shape index (κ3) is 3.21. The fraction of sp³-hybridized carbons (Fsp3) is 0.929. The molecule has 1 heterocycles. The lowest BCUT2D eigenvalue weighted by Gasteiger charge is -2.35. The number of rotatable bonds is 3. The Balaban J connectivity index is 1.93. The number of carbonyl (C=O) groups is 1. The Kier molecular flexibility index (Phi) is 4.84. The zero-order valence-electron chi connectivity index (χ0n) is 11.1. The highest BCUT2D eigenvalue weighted by Gasteiger charge is 2.31. The van der Waals surface area contributed by atoms with E-state index in [9.17, 15) is 4.79 Å². The summed E-state index contributed by atoms with van der Waals surface area (Å²) in [5.41, 5.74) is 0. The van der Waals surface area contributed by atoms with Gasteiger partial charge in [0.25, 0.3) is 0 Å². The number of hydrogen-bond acceptors (Lipinski definition) is 2. The molecule has 0 aromatic carbocycles. The van der Waals surface area contributed by atoms with E-state index in [1.807, 2.05) is 7.05 Å². The first-order valence-electron chi connectivity index (χ1n) is 7.29. The molecule has 98 valence electrons. The van der Waals surface area contributed by atoms with Crippen LogP contribution < -0.4 is 5.32 Å². The second kappa shape index (κ2) is 6.39. The van der Waals surface area contributed by atoms with Crippen molar-refractivity contribution in [2.45, 2.75) is 57.4 Å². The number of nitrogens with one attached hydrogen (secondary N) is 1. The van der Waals surface area contributed by atoms with Gasteiger partial charge < -0.3 is 10.2 Å². The average Bonchev–Trinajstić information content (AvgIpc) is 2.42. The first kappa shape index (κ1) is 12.9. The van der Waals surface area contributed by atoms with E-state index in [1.54, 1.807) is 0 Å². The molecule has 1 saturated carbocycles. The van der Waals surface area contributed by atoms with Crippen LogP contribution in [0.25, 0.3) is 0 Å². The molecule has 0 aromatic heterocycles. The predicted molar refractivity (Wildman–Crippen MR) is 69.9 cm³/mol. The Labute approximate surface area is 105 Å². The van der Waals surface area contributed by atoms with Crippen LogP contribution in [0.2, 0.25) is 0 Å². The molecule has 3 heteroatoms. The third-order valence-electron chi connectivity index (χ3n) is 4.37. The molecule has 2 rings (SSSR count). The standard InChI is InChI=1S/C14H26N2O/c1-15-13(12-8-4-2-5-9-12)14(17)16-10-6-3-7-11-16/h12-13,15H,2-11H2,1H3/t13-/m0/s1. The summed E-state index contributed by atoms with van der Waals surface area (Å²) in [6.07, 6.45) is 10.1. The Hall–Kier alpha value is -0.570. The SMILES string of the molecule is CN[C@H](C(=O)N1CCCCC1)C1CCCCC1. The van der Waals surface area contributed by atoms with Crippen LogP contribution in [0.3, 0.4) is 0 Å². The summed E-state index contributed by atoms with van der Waals surface area (Å²) in [5, 5.41) is 3.28. The molecule has 1 amide bonds. The third-order valence-corrected chi connectivity index (χ3v) is 4.37. The van der Waals surface area contributed by atoms with Crippen LogP contribution in [0.15, 0.2) is 0 Å². The summed E-state index contributed by atoms with van der Waals surface area (Å²) < 4.78 is 0. The van der Waals surface area contributed by atoms with Crippen LogP contribution in [-0.4, -0.2) is 37.0 Å². The Morgan fingerprint density at radius 3 is 2.24 bits per heavy atom. The van der Waals surface area contributed by atoms with Crippen molar-refractivity contribution in [1.82, 2.24) is 10.2 Å². The zero-order valence-corrected chi connectivity index (χ0v) is 11.1. The van der Waals surface area contributed by atoms with Gasteiger partial charge in [0.2, 0.25) is 5.91 Å². The van der Waals surface area contributed by atoms with Gasteiger partial charge in [0.05, 0.1) is 6.04 Å². The summed E-state index contributed by atoms with van der Waals surface area (Å²) >= 11 is 0. The van der Waals surface area contributed by atoms with E-state index in [0.29, 0.717) is 11.8 Å². The van der Waals surface area contributed by atoms with E-state index in [1.165, 1.54) is 51.4 Å². The highest BCUT2D eigenvalue weighted by molar-refractivity contribution is 5.82. The van der Waals surface area contributed by atoms with Gasteiger partial charge in [0.1, 0.15) is 0 Å². The number of amides is 1. The molecule has 0 aromatic rings. The first-order valence-corrected chi connectivity index (χ1v) is 7.29. The molecule has 1 aliphatic heterocycles.